The Kier molecular flexibility index (Phi) is 11.0. The quantitative estimate of drug-likeness (QED) is 0.157. The molecule has 0 atom stereocenters. The van der Waals surface area contributed by atoms with Crippen LogP contribution >= 0.6 is 0 Å². The van der Waals surface area contributed by atoms with E-state index in [0.29, 0.717) is 0 Å². The molecule has 17 rings (SSSR count). The van der Waals surface area contributed by atoms with Gasteiger partial charge in [0.15, 0.2) is 0 Å². The van der Waals surface area contributed by atoms with E-state index in [1.165, 1.54) is 147 Å². The minimum absolute atomic E-state index is 0.916. The summed E-state index contributed by atoms with van der Waals surface area (Å²) in [5, 5.41) is 22.4. The number of furan rings is 1. The van der Waals surface area contributed by atoms with E-state index in [2.05, 4.69) is 303 Å². The largest absolute Gasteiger partial charge is 0.456 e. The fourth-order valence-corrected chi connectivity index (χ4v) is 13.2. The molecule has 0 bridgehead atoms. The molecular weight excluding hydrogens is 977 g/mol. The van der Waals surface area contributed by atoms with Crippen molar-refractivity contribution >= 4 is 108 Å². The molecule has 0 saturated carbocycles. The van der Waals surface area contributed by atoms with Gasteiger partial charge < -0.3 is 4.42 Å². The van der Waals surface area contributed by atoms with Crippen molar-refractivity contribution in [3.05, 3.63) is 303 Å². The van der Waals surface area contributed by atoms with Crippen LogP contribution in [0.1, 0.15) is 0 Å². The summed E-state index contributed by atoms with van der Waals surface area (Å²) >= 11 is 0. The number of benzene rings is 16. The van der Waals surface area contributed by atoms with Crippen LogP contribution in [0.4, 0.5) is 0 Å². The van der Waals surface area contributed by atoms with E-state index in [0.717, 1.165) is 16.6 Å². The van der Waals surface area contributed by atoms with Crippen LogP contribution in [0, 0.1) is 0 Å². The first-order valence-corrected chi connectivity index (χ1v) is 28.0. The first-order valence-electron chi connectivity index (χ1n) is 28.0. The zero-order valence-electron chi connectivity index (χ0n) is 44.3. The Hall–Kier alpha value is -10.6. The second-order valence-corrected chi connectivity index (χ2v) is 21.4. The maximum atomic E-state index is 6.48. The monoisotopic (exact) mass is 1030 g/mol. The average Bonchev–Trinajstić information content (AvgIpc) is 3.94. The third kappa shape index (κ3) is 7.77. The molecule has 17 aromatic rings. The van der Waals surface area contributed by atoms with E-state index >= 15 is 0 Å². The molecule has 1 heterocycles. The molecule has 0 aliphatic heterocycles. The molecule has 81 heavy (non-hydrogen) atoms. The Labute approximate surface area is 468 Å². The van der Waals surface area contributed by atoms with Crippen LogP contribution in [0.5, 0.6) is 0 Å². The van der Waals surface area contributed by atoms with Gasteiger partial charge in [-0.3, -0.25) is 0 Å². The molecule has 0 N–H and O–H groups in total. The smallest absolute Gasteiger partial charge is 0.136 e. The summed E-state index contributed by atoms with van der Waals surface area (Å²) in [6.07, 6.45) is 0. The van der Waals surface area contributed by atoms with E-state index in [-0.39, 0.29) is 0 Å². The molecule has 0 aliphatic rings. The molecule has 1 nitrogen and oxygen atoms in total. The molecule has 1 heteroatoms. The summed E-state index contributed by atoms with van der Waals surface area (Å²) in [7, 11) is 0. The predicted molar refractivity (Wildman–Crippen MR) is 347 cm³/mol. The van der Waals surface area contributed by atoms with Crippen LogP contribution < -0.4 is 0 Å². The van der Waals surface area contributed by atoms with Crippen molar-refractivity contribution in [1.29, 1.82) is 0 Å². The minimum Gasteiger partial charge on any atom is -0.456 e. The number of fused-ring (bicyclic) bond motifs is 11. The third-order valence-corrected chi connectivity index (χ3v) is 16.8. The van der Waals surface area contributed by atoms with Crippen LogP contribution in [0.2, 0.25) is 0 Å². The van der Waals surface area contributed by atoms with Gasteiger partial charge in [0.2, 0.25) is 0 Å². The molecule has 376 valence electrons. The molecule has 0 aliphatic carbocycles. The normalized spacial score (nSPS) is 11.7. The highest BCUT2D eigenvalue weighted by molar-refractivity contribution is 6.27. The Morgan fingerprint density at radius 1 is 0.173 bits per heavy atom. The standard InChI is InChI=1S/C40H24O.C40H26/c1-2-11-26-22-29(21-20-25(26)10-1)38-30-14-5-7-16-32(30)39(33-17-8-6-15-31(33)38)34-18-9-19-36-40(34)35-23-27-12-3-4-13-28(27)24-37(35)41-36;1-2-13-29-25-32(24-23-27(29)11-1)40-37-20-7-5-18-35(37)39(36-19-6-8-21-38(36)40)31-16-9-15-30(26-31)34-22-10-14-28-12-3-4-17-33(28)34/h1-24H;1-26H. The van der Waals surface area contributed by atoms with Crippen LogP contribution in [-0.2, 0) is 0 Å². The van der Waals surface area contributed by atoms with E-state index in [1.54, 1.807) is 0 Å². The Morgan fingerprint density at radius 3 is 1.05 bits per heavy atom. The Morgan fingerprint density at radius 2 is 0.531 bits per heavy atom. The highest BCUT2D eigenvalue weighted by Crippen LogP contribution is 2.49. The third-order valence-electron chi connectivity index (χ3n) is 16.8. The number of hydrogen-bond donors (Lipinski definition) is 0. The lowest BCUT2D eigenvalue weighted by Crippen LogP contribution is -1.91. The lowest BCUT2D eigenvalue weighted by Gasteiger charge is -2.18. The van der Waals surface area contributed by atoms with Crippen molar-refractivity contribution in [3.63, 3.8) is 0 Å². The van der Waals surface area contributed by atoms with Crippen LogP contribution in [0.15, 0.2) is 308 Å². The highest BCUT2D eigenvalue weighted by atomic mass is 16.3. The summed E-state index contributed by atoms with van der Waals surface area (Å²) < 4.78 is 6.48. The summed E-state index contributed by atoms with van der Waals surface area (Å²) in [5.74, 6) is 0. The van der Waals surface area contributed by atoms with Gasteiger partial charge in [-0.05, 0) is 178 Å². The SMILES string of the molecule is c1cc(-c2cccc3ccccc23)cc(-c2c3ccccc3c(-c3ccc4ccccc4c3)c3ccccc23)c1.c1ccc2cc(-c3c4ccccc4c(-c4cccc5oc6cc7ccccc7cc6c45)c4ccccc34)ccc2c1. The molecule has 0 spiro atoms. The van der Waals surface area contributed by atoms with Crippen molar-refractivity contribution < 1.29 is 4.42 Å². The van der Waals surface area contributed by atoms with Gasteiger partial charge in [0.1, 0.15) is 11.2 Å². The van der Waals surface area contributed by atoms with Crippen LogP contribution in [0.3, 0.4) is 0 Å². The lowest BCUT2D eigenvalue weighted by molar-refractivity contribution is 0.669. The first-order chi connectivity index (χ1) is 40.2. The molecule has 0 fully saturated rings. The van der Waals surface area contributed by atoms with Gasteiger partial charge in [0.05, 0.1) is 0 Å². The van der Waals surface area contributed by atoms with Crippen molar-refractivity contribution in [1.82, 2.24) is 0 Å². The van der Waals surface area contributed by atoms with Gasteiger partial charge in [0, 0.05) is 10.8 Å². The van der Waals surface area contributed by atoms with Crippen molar-refractivity contribution in [2.24, 2.45) is 0 Å². The molecule has 1 aromatic heterocycles. The molecular formula is C80H50O. The van der Waals surface area contributed by atoms with E-state index in [9.17, 15) is 0 Å². The average molecular weight is 1030 g/mol. The molecule has 0 amide bonds. The fourth-order valence-electron chi connectivity index (χ4n) is 13.2. The van der Waals surface area contributed by atoms with Gasteiger partial charge in [-0.15, -0.1) is 0 Å². The van der Waals surface area contributed by atoms with E-state index in [4.69, 9.17) is 4.42 Å². The second kappa shape index (κ2) is 19.1. The summed E-state index contributed by atoms with van der Waals surface area (Å²) in [6.45, 7) is 0. The van der Waals surface area contributed by atoms with Gasteiger partial charge in [-0.25, -0.2) is 0 Å². The van der Waals surface area contributed by atoms with E-state index < -0.39 is 0 Å². The number of hydrogen-bond acceptors (Lipinski definition) is 1. The van der Waals surface area contributed by atoms with Gasteiger partial charge in [0.25, 0.3) is 0 Å². The number of rotatable bonds is 5. The predicted octanol–water partition coefficient (Wildman–Crippen LogP) is 22.8. The lowest BCUT2D eigenvalue weighted by atomic mass is 9.84. The fraction of sp³-hybridized carbons (Fsp3) is 0. The molecule has 16 aromatic carbocycles. The summed E-state index contributed by atoms with van der Waals surface area (Å²) in [6, 6.07) is 110. The topological polar surface area (TPSA) is 13.1 Å². The van der Waals surface area contributed by atoms with Crippen molar-refractivity contribution in [2.45, 2.75) is 0 Å². The maximum Gasteiger partial charge on any atom is 0.136 e. The maximum absolute atomic E-state index is 6.48. The Balaban J connectivity index is 0.000000134. The van der Waals surface area contributed by atoms with Crippen molar-refractivity contribution in [2.75, 3.05) is 0 Å². The zero-order valence-corrected chi connectivity index (χ0v) is 44.3. The molecule has 0 radical (unpaired) electrons. The van der Waals surface area contributed by atoms with Gasteiger partial charge in [-0.1, -0.05) is 267 Å². The van der Waals surface area contributed by atoms with Crippen LogP contribution in [-0.4, -0.2) is 0 Å². The highest BCUT2D eigenvalue weighted by Gasteiger charge is 2.22. The zero-order chi connectivity index (χ0) is 53.4. The van der Waals surface area contributed by atoms with Crippen LogP contribution in [0.25, 0.3) is 164 Å². The Bertz CT molecular complexity index is 5250. The van der Waals surface area contributed by atoms with Crippen molar-refractivity contribution in [3.8, 4) is 55.6 Å². The summed E-state index contributed by atoms with van der Waals surface area (Å²) in [5.41, 5.74) is 14.4. The molecule has 0 unspecified atom stereocenters. The minimum atomic E-state index is 0.916. The van der Waals surface area contributed by atoms with Gasteiger partial charge in [-0.2, -0.15) is 0 Å². The van der Waals surface area contributed by atoms with Gasteiger partial charge >= 0.3 is 0 Å². The summed E-state index contributed by atoms with van der Waals surface area (Å²) in [4.78, 5) is 0. The first kappa shape index (κ1) is 46.5. The molecule has 0 saturated heterocycles. The second-order valence-electron chi connectivity index (χ2n) is 21.4. The van der Waals surface area contributed by atoms with E-state index in [1.807, 2.05) is 0 Å².